The number of quaternary nitrogens is 1. The molecule has 10 heteroatoms. The van der Waals surface area contributed by atoms with Crippen molar-refractivity contribution in [1.82, 2.24) is 9.88 Å². The first-order valence-electron chi connectivity index (χ1n) is 13.1. The van der Waals surface area contributed by atoms with E-state index in [-0.39, 0.29) is 32.9 Å². The highest BCUT2D eigenvalue weighted by Gasteiger charge is 2.38. The summed E-state index contributed by atoms with van der Waals surface area (Å²) < 4.78 is 42.8. The molecule has 41 heavy (non-hydrogen) atoms. The Hall–Kier alpha value is -3.27. The fourth-order valence-corrected chi connectivity index (χ4v) is 5.90. The molecule has 5 nitrogen and oxygen atoms in total. The van der Waals surface area contributed by atoms with Crippen LogP contribution in [-0.4, -0.2) is 28.9 Å². The van der Waals surface area contributed by atoms with Crippen molar-refractivity contribution in [1.29, 1.82) is 0 Å². The van der Waals surface area contributed by atoms with Gasteiger partial charge in [0.25, 0.3) is 0 Å². The molecule has 0 spiro atoms. The van der Waals surface area contributed by atoms with Crippen molar-refractivity contribution in [3.05, 3.63) is 117 Å². The molecule has 0 radical (unpaired) electrons. The summed E-state index contributed by atoms with van der Waals surface area (Å²) >= 11 is 12.3. The summed E-state index contributed by atoms with van der Waals surface area (Å²) in [6.45, 7) is 1.86. The van der Waals surface area contributed by atoms with Crippen LogP contribution in [0.15, 0.2) is 79.0 Å². The van der Waals surface area contributed by atoms with Gasteiger partial charge in [0, 0.05) is 23.3 Å². The number of carbonyl (C=O) groups is 1. The number of aromatic nitrogens is 1. The van der Waals surface area contributed by atoms with Gasteiger partial charge >= 0.3 is 12.1 Å². The second kappa shape index (κ2) is 12.3. The van der Waals surface area contributed by atoms with E-state index in [2.05, 4.69) is 22.0 Å². The Kier molecular flexibility index (Phi) is 8.77. The predicted molar refractivity (Wildman–Crippen MR) is 153 cm³/mol. The van der Waals surface area contributed by atoms with Crippen LogP contribution in [0.3, 0.4) is 0 Å². The number of halogens is 5. The van der Waals surface area contributed by atoms with Crippen LogP contribution in [0.25, 0.3) is 22.3 Å². The molecule has 0 saturated carbocycles. The van der Waals surface area contributed by atoms with Crippen LogP contribution < -0.4 is 5.48 Å². The van der Waals surface area contributed by atoms with E-state index in [0.29, 0.717) is 37.5 Å². The molecule has 1 saturated heterocycles. The Bertz CT molecular complexity index is 1540. The molecule has 0 bridgehead atoms. The minimum Gasteiger partial charge on any atom is -0.628 e. The summed E-state index contributed by atoms with van der Waals surface area (Å²) in [4.78, 5) is 18.6. The van der Waals surface area contributed by atoms with Gasteiger partial charge in [-0.2, -0.15) is 13.2 Å². The molecule has 0 aliphatic carbocycles. The van der Waals surface area contributed by atoms with E-state index in [1.54, 1.807) is 0 Å². The number of amides is 1. The molecular weight excluding hydrogens is 574 g/mol. The van der Waals surface area contributed by atoms with Crippen LogP contribution in [0.1, 0.15) is 45.8 Å². The Morgan fingerprint density at radius 2 is 1.59 bits per heavy atom. The van der Waals surface area contributed by atoms with E-state index < -0.39 is 23.6 Å². The highest BCUT2D eigenvalue weighted by Crippen LogP contribution is 2.45. The Morgan fingerprint density at radius 1 is 0.951 bits per heavy atom. The standard InChI is InChI=1S/C31H26Cl2F3N3O2/c32-23-10-8-21(9-11-23)20-6-4-19(5-7-20)18-39-16-13-22(14-17-39)27-24(2-1-3-26(27)31(34,35)36)28-25(30(40)38-41)12-15-37-29(28)33/h1-12,15,22H,13-14,16-18,38H2. The molecule has 2 N–H and O–H groups in total. The van der Waals surface area contributed by atoms with Crippen molar-refractivity contribution in [3.8, 4) is 22.3 Å². The number of carbonyl (C=O) groups excluding carboxylic acids is 1. The molecule has 3 aromatic carbocycles. The van der Waals surface area contributed by atoms with Gasteiger partial charge in [0.05, 0.1) is 11.1 Å². The number of likely N-dealkylation sites (tertiary alicyclic amines) is 1. The first-order chi connectivity index (χ1) is 19.7. The van der Waals surface area contributed by atoms with Crippen LogP contribution in [0, 0.1) is 5.21 Å². The number of hydroxylamine groups is 1. The van der Waals surface area contributed by atoms with E-state index in [4.69, 9.17) is 23.2 Å². The van der Waals surface area contributed by atoms with Crippen molar-refractivity contribution >= 4 is 29.1 Å². The van der Waals surface area contributed by atoms with Crippen molar-refractivity contribution < 1.29 is 23.4 Å². The lowest BCUT2D eigenvalue weighted by atomic mass is 9.81. The first-order valence-corrected chi connectivity index (χ1v) is 13.8. The largest absolute Gasteiger partial charge is 0.628 e. The minimum absolute atomic E-state index is 0.0515. The van der Waals surface area contributed by atoms with Crippen molar-refractivity contribution in [2.24, 2.45) is 0 Å². The SMILES string of the molecule is O=C([NH2+][O-])c1ccnc(Cl)c1-c1cccc(C(F)(F)F)c1C1CCN(Cc2ccc(-c3ccc(Cl)cc3)cc2)CC1. The number of hydrogen-bond donors (Lipinski definition) is 1. The summed E-state index contributed by atoms with van der Waals surface area (Å²) in [5.74, 6) is -1.30. The van der Waals surface area contributed by atoms with Crippen LogP contribution >= 0.6 is 23.2 Å². The van der Waals surface area contributed by atoms with Crippen LogP contribution in [0.2, 0.25) is 10.2 Å². The van der Waals surface area contributed by atoms with E-state index in [0.717, 1.165) is 22.8 Å². The average molecular weight is 600 g/mol. The highest BCUT2D eigenvalue weighted by molar-refractivity contribution is 6.33. The fraction of sp³-hybridized carbons (Fsp3) is 0.226. The molecular formula is C31H26Cl2F3N3O2. The zero-order valence-corrected chi connectivity index (χ0v) is 23.3. The predicted octanol–water partition coefficient (Wildman–Crippen LogP) is 7.32. The number of nitrogens with zero attached hydrogens (tertiary/aromatic N) is 2. The third-order valence-corrected chi connectivity index (χ3v) is 8.03. The molecule has 4 aromatic rings. The smallest absolute Gasteiger partial charge is 0.416 e. The second-order valence-electron chi connectivity index (χ2n) is 10.0. The topological polar surface area (TPSA) is 72.9 Å². The molecule has 212 valence electrons. The lowest BCUT2D eigenvalue weighted by Crippen LogP contribution is -2.81. The van der Waals surface area contributed by atoms with Gasteiger partial charge in [-0.15, -0.1) is 0 Å². The normalized spacial score (nSPS) is 14.8. The molecule has 0 atom stereocenters. The Morgan fingerprint density at radius 3 is 2.20 bits per heavy atom. The lowest BCUT2D eigenvalue weighted by molar-refractivity contribution is -0.481. The van der Waals surface area contributed by atoms with Crippen molar-refractivity contribution in [2.75, 3.05) is 13.1 Å². The first kappa shape index (κ1) is 29.2. The summed E-state index contributed by atoms with van der Waals surface area (Å²) in [6, 6.07) is 21.0. The van der Waals surface area contributed by atoms with Crippen LogP contribution in [-0.2, 0) is 12.7 Å². The monoisotopic (exact) mass is 599 g/mol. The van der Waals surface area contributed by atoms with Gasteiger partial charge in [-0.25, -0.2) is 9.78 Å². The molecule has 1 aromatic heterocycles. The molecule has 1 fully saturated rings. The maximum absolute atomic E-state index is 14.3. The third kappa shape index (κ3) is 6.47. The molecule has 2 heterocycles. The summed E-state index contributed by atoms with van der Waals surface area (Å²) in [6.07, 6.45) is -2.39. The van der Waals surface area contributed by atoms with Crippen molar-refractivity contribution in [2.45, 2.75) is 31.5 Å². The Labute approximate surface area is 245 Å². The number of hydrogen-bond acceptors (Lipinski definition) is 4. The second-order valence-corrected chi connectivity index (χ2v) is 10.8. The summed E-state index contributed by atoms with van der Waals surface area (Å²) in [7, 11) is 0. The van der Waals surface area contributed by atoms with Crippen LogP contribution in [0.4, 0.5) is 13.2 Å². The molecule has 1 aliphatic rings. The maximum Gasteiger partial charge on any atom is 0.416 e. The molecule has 1 aliphatic heterocycles. The lowest BCUT2D eigenvalue weighted by Gasteiger charge is -2.34. The van der Waals surface area contributed by atoms with E-state index in [1.165, 1.54) is 24.4 Å². The van der Waals surface area contributed by atoms with Gasteiger partial charge in [-0.05, 0) is 83.9 Å². The highest BCUT2D eigenvalue weighted by atomic mass is 35.5. The van der Waals surface area contributed by atoms with Gasteiger partial charge < -0.3 is 10.7 Å². The molecule has 5 rings (SSSR count). The number of alkyl halides is 3. The summed E-state index contributed by atoms with van der Waals surface area (Å²) in [5.41, 5.74) is 2.85. The van der Waals surface area contributed by atoms with E-state index in [9.17, 15) is 23.2 Å². The third-order valence-electron chi connectivity index (χ3n) is 7.49. The number of rotatable bonds is 6. The van der Waals surface area contributed by atoms with Gasteiger partial charge in [0.2, 0.25) is 0 Å². The number of nitrogens with two attached hydrogens (primary N) is 1. The summed E-state index contributed by atoms with van der Waals surface area (Å²) in [5, 5.41) is 11.8. The quantitative estimate of drug-likeness (QED) is 0.186. The van der Waals surface area contributed by atoms with Gasteiger partial charge in [-0.1, -0.05) is 71.7 Å². The average Bonchev–Trinajstić information content (AvgIpc) is 2.97. The fourth-order valence-electron chi connectivity index (χ4n) is 5.51. The Balaban J connectivity index is 1.39. The number of piperidine rings is 1. The van der Waals surface area contributed by atoms with Crippen LogP contribution in [0.5, 0.6) is 0 Å². The zero-order chi connectivity index (χ0) is 29.1. The van der Waals surface area contributed by atoms with Gasteiger partial charge in [-0.3, -0.25) is 4.90 Å². The minimum atomic E-state index is -4.61. The van der Waals surface area contributed by atoms with E-state index in [1.807, 2.05) is 36.4 Å². The number of pyridine rings is 1. The molecule has 1 amide bonds. The van der Waals surface area contributed by atoms with Gasteiger partial charge in [0.1, 0.15) is 5.15 Å². The maximum atomic E-state index is 14.3. The number of benzene rings is 3. The molecule has 0 unspecified atom stereocenters. The zero-order valence-electron chi connectivity index (χ0n) is 21.8. The number of primary amides is 1. The van der Waals surface area contributed by atoms with E-state index >= 15 is 0 Å². The van der Waals surface area contributed by atoms with Crippen molar-refractivity contribution in [3.63, 3.8) is 0 Å². The van der Waals surface area contributed by atoms with Gasteiger partial charge in [0.15, 0.2) is 0 Å².